The van der Waals surface area contributed by atoms with Crippen molar-refractivity contribution in [2.45, 2.75) is 59.0 Å². The molecule has 0 bridgehead atoms. The van der Waals surface area contributed by atoms with Gasteiger partial charge in [-0.1, -0.05) is 20.4 Å². The molecule has 1 aromatic rings. The highest BCUT2D eigenvalue weighted by Crippen LogP contribution is 2.02. The zero-order valence-corrected chi connectivity index (χ0v) is 14.4. The molecule has 22 heavy (non-hydrogen) atoms. The fourth-order valence-corrected chi connectivity index (χ4v) is 2.33. The molecule has 0 aliphatic carbocycles. The Hall–Kier alpha value is -1.71. The van der Waals surface area contributed by atoms with Gasteiger partial charge in [0.1, 0.15) is 12.4 Å². The third-order valence-corrected chi connectivity index (χ3v) is 3.57. The van der Waals surface area contributed by atoms with E-state index < -0.39 is 0 Å². The Morgan fingerprint density at radius 1 is 1.23 bits per heavy atom. The maximum absolute atomic E-state index is 3.87. The highest BCUT2D eigenvalue weighted by Gasteiger charge is 2.02. The molecule has 4 heteroatoms. The molecule has 0 aliphatic rings. The van der Waals surface area contributed by atoms with Gasteiger partial charge >= 0.3 is 0 Å². The van der Waals surface area contributed by atoms with Crippen LogP contribution in [0.5, 0.6) is 0 Å². The minimum atomic E-state index is 1.02. The van der Waals surface area contributed by atoms with Crippen LogP contribution in [0.2, 0.25) is 0 Å². The summed E-state index contributed by atoms with van der Waals surface area (Å²) in [6.07, 6.45) is 18.5. The van der Waals surface area contributed by atoms with Gasteiger partial charge in [-0.2, -0.15) is 0 Å². The molecular weight excluding hydrogens is 272 g/mol. The molecule has 1 N–H and O–H groups in total. The quantitative estimate of drug-likeness (QED) is 0.447. The maximum atomic E-state index is 3.87. The minimum absolute atomic E-state index is 1.02. The lowest BCUT2D eigenvalue weighted by Gasteiger charge is -2.14. The number of nitrogens with one attached hydrogen (secondary N) is 1. The average Bonchev–Trinajstić information content (AvgIpc) is 2.97. The first-order chi connectivity index (χ1) is 10.8. The minimum Gasteiger partial charge on any atom is -0.390 e. The number of hydrogen-bond acceptors (Lipinski definition) is 2. The van der Waals surface area contributed by atoms with Gasteiger partial charge in [0.15, 0.2) is 0 Å². The summed E-state index contributed by atoms with van der Waals surface area (Å²) in [5.41, 5.74) is 0. The lowest BCUT2D eigenvalue weighted by molar-refractivity contribution is -0.696. The molecule has 0 saturated carbocycles. The van der Waals surface area contributed by atoms with Crippen molar-refractivity contribution in [2.24, 2.45) is 0 Å². The van der Waals surface area contributed by atoms with Gasteiger partial charge in [-0.25, -0.2) is 9.13 Å². The van der Waals surface area contributed by atoms with Gasteiger partial charge in [0.25, 0.3) is 0 Å². The Kier molecular flexibility index (Phi) is 9.92. The van der Waals surface area contributed by atoms with Crippen LogP contribution in [-0.4, -0.2) is 22.6 Å². The Labute approximate surface area is 136 Å². The van der Waals surface area contributed by atoms with Gasteiger partial charge in [-0.15, -0.1) is 0 Å². The smallest absolute Gasteiger partial charge is 0.243 e. The number of unbranched alkanes of at least 4 members (excludes halogenated alkanes) is 2. The lowest BCUT2D eigenvalue weighted by Crippen LogP contribution is -2.30. The second-order valence-electron chi connectivity index (χ2n) is 5.64. The van der Waals surface area contributed by atoms with E-state index in [1.807, 2.05) is 12.4 Å². The Bertz CT molecular complexity index is 422. The maximum Gasteiger partial charge on any atom is 0.243 e. The first kappa shape index (κ1) is 18.3. The predicted molar refractivity (Wildman–Crippen MR) is 93.1 cm³/mol. The number of nitrogens with zero attached hydrogens (tertiary/aromatic N) is 3. The number of aromatic nitrogens is 2. The van der Waals surface area contributed by atoms with Gasteiger partial charge in [0.2, 0.25) is 6.33 Å². The van der Waals surface area contributed by atoms with Gasteiger partial charge in [0.05, 0.1) is 13.1 Å². The summed E-state index contributed by atoms with van der Waals surface area (Å²) in [5.74, 6) is 0. The van der Waals surface area contributed by atoms with Crippen molar-refractivity contribution in [3.63, 3.8) is 0 Å². The zero-order chi connectivity index (χ0) is 16.0. The molecule has 4 nitrogen and oxygen atoms in total. The lowest BCUT2D eigenvalue weighted by atomic mass is 10.2. The number of rotatable bonds is 13. The Morgan fingerprint density at radius 3 is 2.82 bits per heavy atom. The molecule has 0 fully saturated rings. The van der Waals surface area contributed by atoms with E-state index in [2.05, 4.69) is 64.7 Å². The molecule has 0 aliphatic heterocycles. The summed E-state index contributed by atoms with van der Waals surface area (Å²) in [4.78, 5) is 2.15. The largest absolute Gasteiger partial charge is 0.390 e. The molecule has 124 valence electrons. The van der Waals surface area contributed by atoms with Crippen LogP contribution in [0.4, 0.5) is 0 Å². The normalized spacial score (nSPS) is 11.0. The van der Waals surface area contributed by atoms with Gasteiger partial charge in [-0.05, 0) is 38.3 Å². The van der Waals surface area contributed by atoms with Crippen molar-refractivity contribution < 1.29 is 4.57 Å². The van der Waals surface area contributed by atoms with Crippen molar-refractivity contribution in [1.29, 1.82) is 0 Å². The van der Waals surface area contributed by atoms with Crippen LogP contribution >= 0.6 is 0 Å². The molecule has 0 atom stereocenters. The molecule has 0 saturated heterocycles. The standard InChI is InChI=1S/C18H33N4/c1-4-10-19-11-15-20(6-3)13-8-7-9-14-22-17-16-21(18-22)12-5-2/h6,11,15-19H,3-5,7-10,12-14H2,1-2H3/q+1/b15-11-. The topological polar surface area (TPSA) is 24.1 Å². The Balaban J connectivity index is 2.12. The summed E-state index contributed by atoms with van der Waals surface area (Å²) in [7, 11) is 0. The van der Waals surface area contributed by atoms with E-state index in [1.54, 1.807) is 0 Å². The van der Waals surface area contributed by atoms with E-state index in [0.717, 1.165) is 32.6 Å². The van der Waals surface area contributed by atoms with Gasteiger partial charge in [0, 0.05) is 25.5 Å². The zero-order valence-electron chi connectivity index (χ0n) is 14.4. The molecule has 0 unspecified atom stereocenters. The molecule has 0 spiro atoms. The summed E-state index contributed by atoms with van der Waals surface area (Å²) < 4.78 is 4.54. The molecule has 0 aromatic carbocycles. The molecular formula is C18H33N4+. The van der Waals surface area contributed by atoms with Crippen LogP contribution in [-0.2, 0) is 13.1 Å². The van der Waals surface area contributed by atoms with Crippen molar-refractivity contribution in [1.82, 2.24) is 14.8 Å². The van der Waals surface area contributed by atoms with Crippen LogP contribution < -0.4 is 9.88 Å². The molecule has 0 amide bonds. The van der Waals surface area contributed by atoms with Gasteiger partial charge < -0.3 is 10.2 Å². The van der Waals surface area contributed by atoms with E-state index in [0.29, 0.717) is 0 Å². The summed E-state index contributed by atoms with van der Waals surface area (Å²) >= 11 is 0. The predicted octanol–water partition coefficient (Wildman–Crippen LogP) is 3.27. The summed E-state index contributed by atoms with van der Waals surface area (Å²) in [6, 6.07) is 0. The van der Waals surface area contributed by atoms with Crippen LogP contribution in [0.25, 0.3) is 0 Å². The molecule has 1 heterocycles. The average molecular weight is 305 g/mol. The van der Waals surface area contributed by atoms with Crippen molar-refractivity contribution in [3.05, 3.63) is 43.9 Å². The van der Waals surface area contributed by atoms with Gasteiger partial charge in [-0.3, -0.25) is 0 Å². The van der Waals surface area contributed by atoms with Crippen LogP contribution in [0.3, 0.4) is 0 Å². The Morgan fingerprint density at radius 2 is 2.09 bits per heavy atom. The second kappa shape index (κ2) is 11.9. The second-order valence-corrected chi connectivity index (χ2v) is 5.64. The van der Waals surface area contributed by atoms with Crippen molar-refractivity contribution >= 4 is 0 Å². The number of hydrogen-bond donors (Lipinski definition) is 1. The van der Waals surface area contributed by atoms with Crippen LogP contribution in [0.1, 0.15) is 46.0 Å². The molecule has 0 radical (unpaired) electrons. The highest BCUT2D eigenvalue weighted by molar-refractivity contribution is 4.86. The van der Waals surface area contributed by atoms with Crippen molar-refractivity contribution in [2.75, 3.05) is 13.1 Å². The molecule has 1 rings (SSSR count). The first-order valence-corrected chi connectivity index (χ1v) is 8.63. The van der Waals surface area contributed by atoms with E-state index in [9.17, 15) is 0 Å². The number of imidazole rings is 1. The fraction of sp³-hybridized carbons (Fsp3) is 0.611. The summed E-state index contributed by atoms with van der Waals surface area (Å²) in [5, 5.41) is 3.26. The monoisotopic (exact) mass is 305 g/mol. The summed E-state index contributed by atoms with van der Waals surface area (Å²) in [6.45, 7) is 12.5. The SMILES string of the molecule is C=CN(/C=C\NCCC)CCCCCn1cc[n+](CCC)c1. The first-order valence-electron chi connectivity index (χ1n) is 8.63. The number of aryl methyl sites for hydroxylation is 2. The van der Waals surface area contributed by atoms with Crippen LogP contribution in [0, 0.1) is 0 Å². The third-order valence-electron chi connectivity index (χ3n) is 3.57. The fourth-order valence-electron chi connectivity index (χ4n) is 2.33. The van der Waals surface area contributed by atoms with E-state index >= 15 is 0 Å². The van der Waals surface area contributed by atoms with Crippen molar-refractivity contribution in [3.8, 4) is 0 Å². The van der Waals surface area contributed by atoms with E-state index in [1.165, 1.54) is 25.7 Å². The molecule has 1 aromatic heterocycles. The van der Waals surface area contributed by atoms with E-state index in [-0.39, 0.29) is 0 Å². The highest BCUT2D eigenvalue weighted by atomic mass is 15.1. The van der Waals surface area contributed by atoms with Crippen LogP contribution in [0.15, 0.2) is 43.9 Å². The van der Waals surface area contributed by atoms with E-state index in [4.69, 9.17) is 0 Å². The third kappa shape index (κ3) is 7.91.